The van der Waals surface area contributed by atoms with Crippen LogP contribution in [0.2, 0.25) is 0 Å². The maximum Gasteiger partial charge on any atom is 0.363 e. The fourth-order valence-corrected chi connectivity index (χ4v) is 2.47. The number of fused-ring (bicyclic) bond motifs is 1. The quantitative estimate of drug-likeness (QED) is 0.399. The van der Waals surface area contributed by atoms with Crippen molar-refractivity contribution in [3.8, 4) is 5.75 Å². The second-order valence-electron chi connectivity index (χ2n) is 5.51. The van der Waals surface area contributed by atoms with Crippen molar-refractivity contribution in [3.63, 3.8) is 0 Å². The number of halogens is 1. The van der Waals surface area contributed by atoms with Crippen LogP contribution in [0.15, 0.2) is 36.5 Å². The first-order chi connectivity index (χ1) is 11.1. The average Bonchev–Trinajstić information content (AvgIpc) is 2.55. The summed E-state index contributed by atoms with van der Waals surface area (Å²) in [7, 11) is 0. The Morgan fingerprint density at radius 2 is 2.04 bits per heavy atom. The van der Waals surface area contributed by atoms with Crippen molar-refractivity contribution >= 4 is 28.5 Å². The van der Waals surface area contributed by atoms with E-state index in [9.17, 15) is 4.79 Å². The molecule has 0 saturated carbocycles. The Kier molecular flexibility index (Phi) is 6.66. The van der Waals surface area contributed by atoms with Gasteiger partial charge < -0.3 is 9.47 Å². The van der Waals surface area contributed by atoms with Crippen LogP contribution < -0.4 is 4.74 Å². The summed E-state index contributed by atoms with van der Waals surface area (Å²) in [6.45, 7) is 4.01. The summed E-state index contributed by atoms with van der Waals surface area (Å²) in [6, 6.07) is 9.26. The third-order valence-electron chi connectivity index (χ3n) is 3.54. The molecule has 0 saturated heterocycles. The van der Waals surface area contributed by atoms with Gasteiger partial charge in [0.15, 0.2) is 0 Å². The molecule has 2 atom stereocenters. The van der Waals surface area contributed by atoms with Gasteiger partial charge in [-0.05, 0) is 31.9 Å². The van der Waals surface area contributed by atoms with E-state index in [2.05, 4.69) is 11.9 Å². The number of hydrogen-bond acceptors (Lipinski definition) is 4. The Labute approximate surface area is 141 Å². The van der Waals surface area contributed by atoms with Gasteiger partial charge in [-0.2, -0.15) is 0 Å². The van der Waals surface area contributed by atoms with Gasteiger partial charge in [-0.3, -0.25) is 4.98 Å². The van der Waals surface area contributed by atoms with E-state index in [1.165, 1.54) is 0 Å². The highest BCUT2D eigenvalue weighted by molar-refractivity contribution is 6.29. The topological polar surface area (TPSA) is 48.4 Å². The molecule has 0 amide bonds. The van der Waals surface area contributed by atoms with Gasteiger partial charge in [0.2, 0.25) is 0 Å². The maximum atomic E-state index is 12.0. The van der Waals surface area contributed by atoms with Gasteiger partial charge in [0.05, 0.1) is 6.10 Å². The smallest absolute Gasteiger partial charge is 0.363 e. The number of alkyl halides is 1. The van der Waals surface area contributed by atoms with E-state index in [4.69, 9.17) is 21.1 Å². The normalized spacial score (nSPS) is 13.5. The molecule has 4 nitrogen and oxygen atoms in total. The molecule has 1 aromatic carbocycles. The predicted octanol–water partition coefficient (Wildman–Crippen LogP) is 4.69. The molecule has 2 rings (SSSR count). The molecule has 0 aliphatic heterocycles. The summed E-state index contributed by atoms with van der Waals surface area (Å²) in [4.78, 5) is 16.3. The zero-order valence-corrected chi connectivity index (χ0v) is 14.3. The Balaban J connectivity index is 1.95. The van der Waals surface area contributed by atoms with Crippen molar-refractivity contribution < 1.29 is 14.3 Å². The molecule has 2 unspecified atom stereocenters. The van der Waals surface area contributed by atoms with Crippen LogP contribution in [0.4, 0.5) is 0 Å². The third kappa shape index (κ3) is 5.10. The molecular weight excluding hydrogens is 314 g/mol. The lowest BCUT2D eigenvalue weighted by Crippen LogP contribution is -2.27. The van der Waals surface area contributed by atoms with Gasteiger partial charge in [0.1, 0.15) is 11.3 Å². The lowest BCUT2D eigenvalue weighted by atomic mass is 10.1. The number of pyridine rings is 1. The van der Waals surface area contributed by atoms with Crippen molar-refractivity contribution in [2.24, 2.45) is 0 Å². The van der Waals surface area contributed by atoms with Crippen molar-refractivity contribution in [2.75, 3.05) is 0 Å². The van der Waals surface area contributed by atoms with Crippen LogP contribution in [0.5, 0.6) is 5.75 Å². The highest BCUT2D eigenvalue weighted by Gasteiger charge is 2.22. The van der Waals surface area contributed by atoms with E-state index < -0.39 is 11.5 Å². The number of esters is 1. The number of carbonyl (C=O) groups is 1. The minimum atomic E-state index is -1.18. The Bertz CT molecular complexity index is 642. The molecule has 0 aliphatic carbocycles. The number of hydrogen-bond donors (Lipinski definition) is 0. The van der Waals surface area contributed by atoms with Crippen LogP contribution in [0.1, 0.15) is 39.5 Å². The minimum absolute atomic E-state index is 0.162. The van der Waals surface area contributed by atoms with Crippen LogP contribution in [-0.4, -0.2) is 22.6 Å². The van der Waals surface area contributed by atoms with Crippen molar-refractivity contribution in [1.82, 2.24) is 4.98 Å². The number of unbranched alkanes of at least 4 members (excludes halogenated alkanes) is 2. The fraction of sp³-hybridized carbons (Fsp3) is 0.444. The molecule has 5 heteroatoms. The lowest BCUT2D eigenvalue weighted by Gasteiger charge is -2.17. The number of para-hydroxylation sites is 1. The molecule has 0 radical (unpaired) electrons. The monoisotopic (exact) mass is 335 g/mol. The zero-order valence-electron chi connectivity index (χ0n) is 13.5. The van der Waals surface area contributed by atoms with Gasteiger partial charge in [-0.15, -0.1) is 0 Å². The molecule has 0 bridgehead atoms. The van der Waals surface area contributed by atoms with Crippen LogP contribution >= 0.6 is 11.6 Å². The second-order valence-corrected chi connectivity index (χ2v) is 5.90. The number of rotatable bonds is 8. The van der Waals surface area contributed by atoms with Gasteiger partial charge in [-0.1, -0.05) is 49.6 Å². The van der Waals surface area contributed by atoms with Crippen LogP contribution in [0.25, 0.3) is 10.9 Å². The number of aromatic nitrogens is 1. The van der Waals surface area contributed by atoms with Gasteiger partial charge in [0.25, 0.3) is 5.56 Å². The summed E-state index contributed by atoms with van der Waals surface area (Å²) in [5, 5.41) is 0.926. The minimum Gasteiger partial charge on any atom is -0.461 e. The first-order valence-electron chi connectivity index (χ1n) is 7.96. The van der Waals surface area contributed by atoms with E-state index in [1.54, 1.807) is 12.3 Å². The molecular formula is C18H22ClNO3. The maximum absolute atomic E-state index is 12.0. The van der Waals surface area contributed by atoms with Crippen LogP contribution in [0.3, 0.4) is 0 Å². The van der Waals surface area contributed by atoms with Gasteiger partial charge >= 0.3 is 5.97 Å². The van der Waals surface area contributed by atoms with Crippen molar-refractivity contribution in [2.45, 2.75) is 51.2 Å². The molecule has 0 spiro atoms. The largest absolute Gasteiger partial charge is 0.461 e. The van der Waals surface area contributed by atoms with E-state index >= 15 is 0 Å². The summed E-state index contributed by atoms with van der Waals surface area (Å²) < 4.78 is 10.9. The van der Waals surface area contributed by atoms with Gasteiger partial charge in [0, 0.05) is 11.6 Å². The zero-order chi connectivity index (χ0) is 16.7. The summed E-state index contributed by atoms with van der Waals surface area (Å²) in [6.07, 6.45) is 5.64. The molecule has 1 heterocycles. The van der Waals surface area contributed by atoms with Crippen LogP contribution in [-0.2, 0) is 9.53 Å². The highest BCUT2D eigenvalue weighted by Crippen LogP contribution is 2.25. The molecule has 23 heavy (non-hydrogen) atoms. The second kappa shape index (κ2) is 8.73. The third-order valence-corrected chi connectivity index (χ3v) is 3.81. The first kappa shape index (κ1) is 17.5. The van der Waals surface area contributed by atoms with E-state index in [-0.39, 0.29) is 6.10 Å². The van der Waals surface area contributed by atoms with Crippen molar-refractivity contribution in [1.29, 1.82) is 0 Å². The molecule has 0 fully saturated rings. The molecule has 124 valence electrons. The van der Waals surface area contributed by atoms with Crippen molar-refractivity contribution in [3.05, 3.63) is 36.5 Å². The Morgan fingerprint density at radius 1 is 1.26 bits per heavy atom. The fourth-order valence-electron chi connectivity index (χ4n) is 2.32. The summed E-state index contributed by atoms with van der Waals surface area (Å²) >= 11 is 6.05. The first-order valence-corrected chi connectivity index (χ1v) is 8.40. The predicted molar refractivity (Wildman–Crippen MR) is 91.7 cm³/mol. The number of benzene rings is 1. The number of nitrogens with zero attached hydrogens (tertiary/aromatic N) is 1. The van der Waals surface area contributed by atoms with Crippen LogP contribution in [0, 0.1) is 0 Å². The van der Waals surface area contributed by atoms with E-state index in [0.717, 1.165) is 31.1 Å². The highest BCUT2D eigenvalue weighted by atomic mass is 35.5. The lowest BCUT2D eigenvalue weighted by molar-refractivity contribution is -0.153. The number of carbonyl (C=O) groups excluding carboxylic acids is 1. The summed E-state index contributed by atoms with van der Waals surface area (Å²) in [5.41, 5.74) is -0.513. The van der Waals surface area contributed by atoms with Gasteiger partial charge in [-0.25, -0.2) is 4.79 Å². The Hall–Kier alpha value is -1.81. The summed E-state index contributed by atoms with van der Waals surface area (Å²) in [5.74, 6) is -0.0951. The molecule has 2 aromatic rings. The molecule has 0 N–H and O–H groups in total. The average molecular weight is 336 g/mol. The SMILES string of the molecule is CCCCCC(C)OC(=O)C(Cl)Oc1cccc2cccnc12. The van der Waals surface area contributed by atoms with E-state index in [1.807, 2.05) is 31.2 Å². The Morgan fingerprint density at radius 3 is 2.83 bits per heavy atom. The molecule has 0 aliphatic rings. The molecule has 1 aromatic heterocycles. The standard InChI is InChI=1S/C18H22ClNO3/c1-3-4-5-8-13(2)22-18(21)17(19)23-15-11-6-9-14-10-7-12-20-16(14)15/h6-7,9-13,17H,3-5,8H2,1-2H3. The number of ether oxygens (including phenoxy) is 2. The van der Waals surface area contributed by atoms with E-state index in [0.29, 0.717) is 11.3 Å².